The van der Waals surface area contributed by atoms with Gasteiger partial charge in [0.05, 0.1) is 13.2 Å². The van der Waals surface area contributed by atoms with Crippen molar-refractivity contribution in [2.45, 2.75) is 24.4 Å². The van der Waals surface area contributed by atoms with E-state index < -0.39 is 0 Å². The second kappa shape index (κ2) is 7.70. The number of hydrogen-bond donors (Lipinski definition) is 0. The monoisotopic (exact) mass is 594 g/mol. The van der Waals surface area contributed by atoms with Crippen LogP contribution in [-0.4, -0.2) is 25.4 Å². The molecular weight excluding hydrogens is 584 g/mol. The fourth-order valence-corrected chi connectivity index (χ4v) is 5.35. The lowest BCUT2D eigenvalue weighted by atomic mass is 10.0. The van der Waals surface area contributed by atoms with Crippen molar-refractivity contribution in [1.29, 1.82) is 0 Å². The van der Waals surface area contributed by atoms with Crippen molar-refractivity contribution in [2.24, 2.45) is 0 Å². The Kier molecular flexibility index (Phi) is 5.73. The lowest BCUT2D eigenvalue weighted by Gasteiger charge is -2.25. The standard InChI is InChI=1S/C18H14Br4O3/c19-9-1-3-11(13(21)5-9)17(15-7-23-15)25-18(16-8-24-16)12-4-2-10(20)6-14(12)22/h1-6,15-18H,7-8H2. The SMILES string of the molecule is Brc1ccc(C(OC(c2ccc(Br)cc2Br)C2CO2)C2CO2)c(Br)c1. The summed E-state index contributed by atoms with van der Waals surface area (Å²) in [6.07, 6.45) is -0.139. The Bertz CT molecular complexity index is 724. The highest BCUT2D eigenvalue weighted by Gasteiger charge is 2.43. The number of rotatable bonds is 6. The van der Waals surface area contributed by atoms with E-state index in [1.165, 1.54) is 0 Å². The molecule has 2 aromatic carbocycles. The van der Waals surface area contributed by atoms with Gasteiger partial charge in [-0.05, 0) is 35.4 Å². The van der Waals surface area contributed by atoms with Crippen molar-refractivity contribution in [1.82, 2.24) is 0 Å². The molecule has 4 rings (SSSR count). The summed E-state index contributed by atoms with van der Waals surface area (Å²) in [6, 6.07) is 12.3. The maximum absolute atomic E-state index is 6.57. The van der Waals surface area contributed by atoms with E-state index in [1.807, 2.05) is 24.3 Å². The van der Waals surface area contributed by atoms with Gasteiger partial charge < -0.3 is 14.2 Å². The van der Waals surface area contributed by atoms with Gasteiger partial charge in [0.2, 0.25) is 0 Å². The van der Waals surface area contributed by atoms with Gasteiger partial charge in [-0.3, -0.25) is 0 Å². The van der Waals surface area contributed by atoms with Gasteiger partial charge in [0.15, 0.2) is 0 Å². The van der Waals surface area contributed by atoms with Crippen molar-refractivity contribution in [3.63, 3.8) is 0 Å². The molecule has 0 radical (unpaired) electrons. The van der Waals surface area contributed by atoms with E-state index in [0.29, 0.717) is 13.2 Å². The number of ether oxygens (including phenoxy) is 3. The number of hydrogen-bond acceptors (Lipinski definition) is 3. The largest absolute Gasteiger partial charge is 0.370 e. The Hall–Kier alpha value is 0.240. The number of benzene rings is 2. The van der Waals surface area contributed by atoms with Crippen molar-refractivity contribution >= 4 is 63.7 Å². The summed E-state index contributed by atoms with van der Waals surface area (Å²) in [4.78, 5) is 0. The summed E-state index contributed by atoms with van der Waals surface area (Å²) in [5.41, 5.74) is 2.18. The summed E-state index contributed by atoms with van der Waals surface area (Å²) in [5, 5.41) is 0. The number of epoxide rings is 2. The van der Waals surface area contributed by atoms with Crippen LogP contribution in [0.5, 0.6) is 0 Å². The normalized spacial score (nSPS) is 24.0. The Labute approximate surface area is 179 Å². The van der Waals surface area contributed by atoms with E-state index >= 15 is 0 Å². The molecule has 0 bridgehead atoms. The van der Waals surface area contributed by atoms with E-state index in [9.17, 15) is 0 Å². The van der Waals surface area contributed by atoms with Crippen molar-refractivity contribution in [3.05, 3.63) is 65.4 Å². The molecule has 0 saturated carbocycles. The van der Waals surface area contributed by atoms with E-state index in [2.05, 4.69) is 75.9 Å². The predicted octanol–water partition coefficient (Wildman–Crippen LogP) is 6.33. The van der Waals surface area contributed by atoms with E-state index in [4.69, 9.17) is 14.2 Å². The van der Waals surface area contributed by atoms with Crippen LogP contribution in [0.4, 0.5) is 0 Å². The van der Waals surface area contributed by atoms with E-state index in [1.54, 1.807) is 0 Å². The third-order valence-electron chi connectivity index (χ3n) is 4.22. The molecule has 2 saturated heterocycles. The Morgan fingerprint density at radius 1 is 0.760 bits per heavy atom. The van der Waals surface area contributed by atoms with Crippen molar-refractivity contribution < 1.29 is 14.2 Å². The molecule has 0 amide bonds. The zero-order valence-electron chi connectivity index (χ0n) is 12.9. The smallest absolute Gasteiger partial charge is 0.113 e. The average molecular weight is 598 g/mol. The second-order valence-electron chi connectivity index (χ2n) is 6.05. The quantitative estimate of drug-likeness (QED) is 0.365. The van der Waals surface area contributed by atoms with E-state index in [0.717, 1.165) is 29.0 Å². The molecule has 4 atom stereocenters. The molecule has 0 aliphatic carbocycles. The lowest BCUT2D eigenvalue weighted by Crippen LogP contribution is -2.19. The van der Waals surface area contributed by atoms with Gasteiger partial charge in [0.1, 0.15) is 24.4 Å². The molecule has 0 spiro atoms. The van der Waals surface area contributed by atoms with Gasteiger partial charge in [0, 0.05) is 17.9 Å². The summed E-state index contributed by atoms with van der Waals surface area (Å²) < 4.78 is 21.8. The van der Waals surface area contributed by atoms with Gasteiger partial charge in [-0.15, -0.1) is 0 Å². The highest BCUT2D eigenvalue weighted by Crippen LogP contribution is 2.44. The zero-order valence-corrected chi connectivity index (χ0v) is 19.3. The molecule has 2 aliphatic heterocycles. The molecule has 2 heterocycles. The van der Waals surface area contributed by atoms with Gasteiger partial charge in [0.25, 0.3) is 0 Å². The molecule has 132 valence electrons. The fourth-order valence-electron chi connectivity index (χ4n) is 2.81. The van der Waals surface area contributed by atoms with Crippen LogP contribution in [0.15, 0.2) is 54.3 Å². The van der Waals surface area contributed by atoms with Crippen molar-refractivity contribution in [3.8, 4) is 0 Å². The molecule has 0 aromatic heterocycles. The van der Waals surface area contributed by atoms with Crippen LogP contribution >= 0.6 is 63.7 Å². The third kappa shape index (κ3) is 4.39. The van der Waals surface area contributed by atoms with Crippen LogP contribution in [0, 0.1) is 0 Å². The first kappa shape index (κ1) is 18.6. The minimum Gasteiger partial charge on any atom is -0.370 e. The molecule has 0 N–H and O–H groups in total. The summed E-state index contributed by atoms with van der Waals surface area (Å²) in [7, 11) is 0. The molecule has 2 aromatic rings. The minimum absolute atomic E-state index is 0.0768. The second-order valence-corrected chi connectivity index (χ2v) is 9.59. The van der Waals surface area contributed by atoms with Crippen molar-refractivity contribution in [2.75, 3.05) is 13.2 Å². The van der Waals surface area contributed by atoms with Crippen LogP contribution in [0.3, 0.4) is 0 Å². The minimum atomic E-state index is -0.146. The van der Waals surface area contributed by atoms with E-state index in [-0.39, 0.29) is 24.4 Å². The van der Waals surface area contributed by atoms with Gasteiger partial charge in [-0.25, -0.2) is 0 Å². The molecule has 4 unspecified atom stereocenters. The maximum Gasteiger partial charge on any atom is 0.113 e. The zero-order chi connectivity index (χ0) is 17.6. The number of halogens is 4. The first-order chi connectivity index (χ1) is 12.0. The van der Waals surface area contributed by atoms with Gasteiger partial charge in [-0.2, -0.15) is 0 Å². The first-order valence-corrected chi connectivity index (χ1v) is 11.0. The lowest BCUT2D eigenvalue weighted by molar-refractivity contribution is -0.0425. The van der Waals surface area contributed by atoms with Crippen LogP contribution in [0.1, 0.15) is 23.3 Å². The summed E-state index contributed by atoms with van der Waals surface area (Å²) >= 11 is 14.3. The summed E-state index contributed by atoms with van der Waals surface area (Å²) in [5.74, 6) is 0. The molecular formula is C18H14Br4O3. The highest BCUT2D eigenvalue weighted by molar-refractivity contribution is 9.11. The van der Waals surface area contributed by atoms with Gasteiger partial charge >= 0.3 is 0 Å². The first-order valence-electron chi connectivity index (χ1n) is 7.81. The van der Waals surface area contributed by atoms with Crippen LogP contribution in [0.2, 0.25) is 0 Å². The van der Waals surface area contributed by atoms with Crippen LogP contribution in [0.25, 0.3) is 0 Å². The Morgan fingerprint density at radius 3 is 1.48 bits per heavy atom. The summed E-state index contributed by atoms with van der Waals surface area (Å²) in [6.45, 7) is 1.43. The third-order valence-corrected chi connectivity index (χ3v) is 6.58. The molecule has 3 nitrogen and oxygen atoms in total. The highest BCUT2D eigenvalue weighted by atomic mass is 79.9. The Morgan fingerprint density at radius 2 is 1.16 bits per heavy atom. The maximum atomic E-state index is 6.57. The predicted molar refractivity (Wildman–Crippen MR) is 110 cm³/mol. The van der Waals surface area contributed by atoms with Crippen LogP contribution in [-0.2, 0) is 14.2 Å². The van der Waals surface area contributed by atoms with Gasteiger partial charge in [-0.1, -0.05) is 75.9 Å². The molecule has 2 fully saturated rings. The molecule has 2 aliphatic rings. The Balaban J connectivity index is 1.65. The van der Waals surface area contributed by atoms with Crippen LogP contribution < -0.4 is 0 Å². The molecule has 25 heavy (non-hydrogen) atoms. The average Bonchev–Trinajstić information content (AvgIpc) is 3.45. The fraction of sp³-hybridized carbons (Fsp3) is 0.333. The topological polar surface area (TPSA) is 34.3 Å². The molecule has 7 heteroatoms.